The normalized spacial score (nSPS) is 12.3. The highest BCUT2D eigenvalue weighted by atomic mass is 35.5. The van der Waals surface area contributed by atoms with Crippen LogP contribution in [0.4, 0.5) is 0 Å². The highest BCUT2D eigenvalue weighted by Crippen LogP contribution is 2.26. The number of aliphatic hydroxyl groups excluding tert-OH is 1. The summed E-state index contributed by atoms with van der Waals surface area (Å²) in [6.07, 6.45) is -0.645. The molecule has 0 aliphatic heterocycles. The maximum absolute atomic E-state index is 12.2. The Morgan fingerprint density at radius 3 is 2.55 bits per heavy atom. The number of carbonyl (C=O) groups excluding carboxylic acids is 1. The van der Waals surface area contributed by atoms with Crippen molar-refractivity contribution in [3.63, 3.8) is 0 Å². The van der Waals surface area contributed by atoms with Crippen molar-refractivity contribution < 1.29 is 14.6 Å². The maximum atomic E-state index is 12.2. The molecule has 1 aromatic carbocycles. The van der Waals surface area contributed by atoms with Gasteiger partial charge in [-0.05, 0) is 44.0 Å². The summed E-state index contributed by atoms with van der Waals surface area (Å²) in [6, 6.07) is 5.06. The van der Waals surface area contributed by atoms with Crippen LogP contribution in [0.3, 0.4) is 0 Å². The van der Waals surface area contributed by atoms with Gasteiger partial charge in [0.2, 0.25) is 0 Å². The van der Waals surface area contributed by atoms with Crippen molar-refractivity contribution in [1.82, 2.24) is 4.98 Å². The Morgan fingerprint density at radius 1 is 1.32 bits per heavy atom. The molecule has 1 aromatic heterocycles. The SMILES string of the molecule is Cc1[nH]c(C(=O)OCc2ccc(Cl)c(Cl)c2)c(C)c1[C@@H](C)O. The molecule has 1 atom stereocenters. The fraction of sp³-hybridized carbons (Fsp3) is 0.312. The lowest BCUT2D eigenvalue weighted by atomic mass is 10.1. The molecule has 0 saturated heterocycles. The summed E-state index contributed by atoms with van der Waals surface area (Å²) in [4.78, 5) is 15.2. The number of ether oxygens (including phenoxy) is 1. The van der Waals surface area contributed by atoms with E-state index < -0.39 is 12.1 Å². The summed E-state index contributed by atoms with van der Waals surface area (Å²) < 4.78 is 5.28. The lowest BCUT2D eigenvalue weighted by Crippen LogP contribution is -2.07. The lowest BCUT2D eigenvalue weighted by molar-refractivity contribution is 0.0465. The van der Waals surface area contributed by atoms with E-state index in [1.807, 2.05) is 6.92 Å². The third-order valence-corrected chi connectivity index (χ3v) is 4.21. The van der Waals surface area contributed by atoms with Gasteiger partial charge in [0.05, 0.1) is 16.1 Å². The molecule has 0 amide bonds. The van der Waals surface area contributed by atoms with Crippen LogP contribution in [-0.4, -0.2) is 16.1 Å². The molecule has 22 heavy (non-hydrogen) atoms. The van der Waals surface area contributed by atoms with Gasteiger partial charge >= 0.3 is 5.97 Å². The van der Waals surface area contributed by atoms with Crippen LogP contribution in [0.15, 0.2) is 18.2 Å². The number of esters is 1. The van der Waals surface area contributed by atoms with Gasteiger partial charge in [0.15, 0.2) is 0 Å². The second kappa shape index (κ2) is 6.73. The number of benzene rings is 1. The minimum Gasteiger partial charge on any atom is -0.456 e. The molecule has 118 valence electrons. The van der Waals surface area contributed by atoms with Gasteiger partial charge in [-0.1, -0.05) is 29.3 Å². The van der Waals surface area contributed by atoms with Crippen LogP contribution < -0.4 is 0 Å². The third-order valence-electron chi connectivity index (χ3n) is 3.47. The van der Waals surface area contributed by atoms with Crippen molar-refractivity contribution in [1.29, 1.82) is 0 Å². The number of hydrogen-bond acceptors (Lipinski definition) is 3. The van der Waals surface area contributed by atoms with Crippen LogP contribution in [0, 0.1) is 13.8 Å². The molecule has 0 aliphatic rings. The van der Waals surface area contributed by atoms with E-state index in [1.165, 1.54) is 0 Å². The Labute approximate surface area is 139 Å². The molecular weight excluding hydrogens is 325 g/mol. The number of aromatic amines is 1. The molecule has 0 fully saturated rings. The highest BCUT2D eigenvalue weighted by molar-refractivity contribution is 6.42. The van der Waals surface area contributed by atoms with Gasteiger partial charge in [0.25, 0.3) is 0 Å². The summed E-state index contributed by atoms with van der Waals surface area (Å²) in [7, 11) is 0. The van der Waals surface area contributed by atoms with Crippen LogP contribution in [0.25, 0.3) is 0 Å². The molecule has 4 nitrogen and oxygen atoms in total. The van der Waals surface area contributed by atoms with E-state index >= 15 is 0 Å². The van der Waals surface area contributed by atoms with Crippen molar-refractivity contribution >= 4 is 29.2 Å². The fourth-order valence-electron chi connectivity index (χ4n) is 2.45. The van der Waals surface area contributed by atoms with Crippen LogP contribution in [0.2, 0.25) is 10.0 Å². The van der Waals surface area contributed by atoms with E-state index in [1.54, 1.807) is 32.0 Å². The minimum absolute atomic E-state index is 0.0945. The molecule has 0 radical (unpaired) electrons. The zero-order valence-electron chi connectivity index (χ0n) is 12.5. The predicted octanol–water partition coefficient (Wildman–Crippen LogP) is 4.35. The maximum Gasteiger partial charge on any atom is 0.355 e. The lowest BCUT2D eigenvalue weighted by Gasteiger charge is -2.07. The first-order valence-electron chi connectivity index (χ1n) is 6.79. The largest absolute Gasteiger partial charge is 0.456 e. The highest BCUT2D eigenvalue weighted by Gasteiger charge is 2.21. The summed E-state index contributed by atoms with van der Waals surface area (Å²) in [5, 5.41) is 10.6. The van der Waals surface area contributed by atoms with Crippen LogP contribution in [-0.2, 0) is 11.3 Å². The number of halogens is 2. The van der Waals surface area contributed by atoms with Crippen molar-refractivity contribution in [2.45, 2.75) is 33.5 Å². The molecule has 2 aromatic rings. The van der Waals surface area contributed by atoms with E-state index in [4.69, 9.17) is 27.9 Å². The second-order valence-corrected chi connectivity index (χ2v) is 5.98. The quantitative estimate of drug-likeness (QED) is 0.812. The Morgan fingerprint density at radius 2 is 2.00 bits per heavy atom. The van der Waals surface area contributed by atoms with Crippen molar-refractivity contribution in [2.24, 2.45) is 0 Å². The standard InChI is InChI=1S/C16H17Cl2NO3/c1-8-14(10(3)20)9(2)19-15(8)16(21)22-7-11-4-5-12(17)13(18)6-11/h4-6,10,19-20H,7H2,1-3H3/t10-/m1/s1. The minimum atomic E-state index is -0.645. The van der Waals surface area contributed by atoms with Gasteiger partial charge < -0.3 is 14.8 Å². The number of rotatable bonds is 4. The van der Waals surface area contributed by atoms with E-state index in [0.717, 1.165) is 16.8 Å². The first-order chi connectivity index (χ1) is 10.3. The predicted molar refractivity (Wildman–Crippen MR) is 86.5 cm³/mol. The number of aliphatic hydroxyl groups is 1. The Hall–Kier alpha value is -1.49. The summed E-state index contributed by atoms with van der Waals surface area (Å²) in [5.41, 5.74) is 3.29. The van der Waals surface area contributed by atoms with E-state index in [2.05, 4.69) is 4.98 Å². The van der Waals surface area contributed by atoms with Gasteiger partial charge in [-0.15, -0.1) is 0 Å². The van der Waals surface area contributed by atoms with Crippen LogP contribution >= 0.6 is 23.2 Å². The van der Waals surface area contributed by atoms with Gasteiger partial charge in [0, 0.05) is 11.3 Å². The average Bonchev–Trinajstić information content (AvgIpc) is 2.75. The fourth-order valence-corrected chi connectivity index (χ4v) is 2.77. The first kappa shape index (κ1) is 16.9. The molecule has 6 heteroatoms. The van der Waals surface area contributed by atoms with Gasteiger partial charge in [-0.3, -0.25) is 0 Å². The van der Waals surface area contributed by atoms with E-state index in [-0.39, 0.29) is 6.61 Å². The van der Waals surface area contributed by atoms with Crippen molar-refractivity contribution in [3.8, 4) is 0 Å². The Kier molecular flexibility index (Phi) is 5.16. The second-order valence-electron chi connectivity index (χ2n) is 5.16. The van der Waals surface area contributed by atoms with E-state index in [0.29, 0.717) is 21.3 Å². The molecule has 0 unspecified atom stereocenters. The molecular formula is C16H17Cl2NO3. The average molecular weight is 342 g/mol. The number of H-pyrrole nitrogens is 1. The third kappa shape index (κ3) is 3.46. The van der Waals surface area contributed by atoms with Crippen molar-refractivity contribution in [2.75, 3.05) is 0 Å². The number of carbonyl (C=O) groups is 1. The topological polar surface area (TPSA) is 62.3 Å². The molecule has 2 N–H and O–H groups in total. The van der Waals surface area contributed by atoms with Gasteiger partial charge in [0.1, 0.15) is 12.3 Å². The van der Waals surface area contributed by atoms with Gasteiger partial charge in [-0.2, -0.15) is 0 Å². The summed E-state index contributed by atoms with van der Waals surface area (Å²) >= 11 is 11.8. The molecule has 0 saturated carbocycles. The number of aromatic nitrogens is 1. The molecule has 1 heterocycles. The zero-order valence-corrected chi connectivity index (χ0v) is 14.0. The molecule has 2 rings (SSSR count). The smallest absolute Gasteiger partial charge is 0.355 e. The monoisotopic (exact) mass is 341 g/mol. The van der Waals surface area contributed by atoms with Crippen LogP contribution in [0.1, 0.15) is 45.9 Å². The number of aryl methyl sites for hydroxylation is 1. The zero-order chi connectivity index (χ0) is 16.4. The number of hydrogen-bond donors (Lipinski definition) is 2. The van der Waals surface area contributed by atoms with E-state index in [9.17, 15) is 9.90 Å². The molecule has 0 spiro atoms. The molecule has 0 bridgehead atoms. The first-order valence-corrected chi connectivity index (χ1v) is 7.55. The van der Waals surface area contributed by atoms with Crippen molar-refractivity contribution in [3.05, 3.63) is 56.3 Å². The Bertz CT molecular complexity index is 708. The Balaban J connectivity index is 2.13. The molecule has 0 aliphatic carbocycles. The summed E-state index contributed by atoms with van der Waals surface area (Å²) in [6.45, 7) is 5.34. The van der Waals surface area contributed by atoms with Gasteiger partial charge in [-0.25, -0.2) is 4.79 Å². The summed E-state index contributed by atoms with van der Waals surface area (Å²) in [5.74, 6) is -0.474. The van der Waals surface area contributed by atoms with Crippen LogP contribution in [0.5, 0.6) is 0 Å². The number of nitrogens with one attached hydrogen (secondary N) is 1.